The maximum Gasteiger partial charge on any atom is 0.431 e. The van der Waals surface area contributed by atoms with E-state index in [4.69, 9.17) is 25.8 Å². The van der Waals surface area contributed by atoms with Gasteiger partial charge in [-0.1, -0.05) is 11.6 Å². The van der Waals surface area contributed by atoms with E-state index in [0.717, 1.165) is 19.2 Å². The van der Waals surface area contributed by atoms with Crippen molar-refractivity contribution in [3.63, 3.8) is 0 Å². The van der Waals surface area contributed by atoms with Gasteiger partial charge in [-0.3, -0.25) is 9.36 Å². The van der Waals surface area contributed by atoms with Gasteiger partial charge in [0.15, 0.2) is 12.4 Å². The number of aliphatic imine (C=N–C) groups is 1. The molecule has 3 rings (SSSR count). The van der Waals surface area contributed by atoms with Crippen molar-refractivity contribution in [1.29, 1.82) is 0 Å². The number of rotatable bonds is 7. The van der Waals surface area contributed by atoms with Crippen LogP contribution >= 0.6 is 11.6 Å². The Balaban J connectivity index is 2.04. The molecule has 0 atom stereocenters. The first kappa shape index (κ1) is 26.0. The molecule has 0 amide bonds. The molecule has 9 nitrogen and oxygen atoms in total. The Morgan fingerprint density at radius 3 is 2.60 bits per heavy atom. The molecule has 0 aliphatic carbocycles. The van der Waals surface area contributed by atoms with Gasteiger partial charge in [0.05, 0.1) is 17.3 Å². The predicted molar refractivity (Wildman–Crippen MR) is 115 cm³/mol. The summed E-state index contributed by atoms with van der Waals surface area (Å²) in [6.07, 6.45) is -2.80. The highest BCUT2D eigenvalue weighted by Gasteiger charge is 2.35. The number of allylic oxidation sites excluding steroid dienone is 1. The van der Waals surface area contributed by atoms with Crippen LogP contribution in [0.3, 0.4) is 0 Å². The second kappa shape index (κ2) is 10.3. The van der Waals surface area contributed by atoms with Crippen LogP contribution in [0.25, 0.3) is 5.69 Å². The molecular weight excluding hydrogens is 502 g/mol. The zero-order valence-electron chi connectivity index (χ0n) is 18.3. The van der Waals surface area contributed by atoms with Crippen molar-refractivity contribution < 1.29 is 36.6 Å². The van der Waals surface area contributed by atoms with E-state index >= 15 is 0 Å². The molecule has 2 heterocycles. The van der Waals surface area contributed by atoms with E-state index in [0.29, 0.717) is 6.42 Å². The molecule has 0 unspecified atom stereocenters. The van der Waals surface area contributed by atoms with Crippen molar-refractivity contribution in [1.82, 2.24) is 9.13 Å². The summed E-state index contributed by atoms with van der Waals surface area (Å²) < 4.78 is 70.2. The summed E-state index contributed by atoms with van der Waals surface area (Å²) in [6.45, 7) is 1.30. The number of alkyl halides is 3. The summed E-state index contributed by atoms with van der Waals surface area (Å²) in [5.41, 5.74) is -5.02. The molecule has 188 valence electrons. The second-order valence-corrected chi connectivity index (χ2v) is 7.46. The first-order valence-corrected chi connectivity index (χ1v) is 10.4. The first-order valence-electron chi connectivity index (χ1n) is 10.1. The van der Waals surface area contributed by atoms with Crippen LogP contribution in [-0.4, -0.2) is 34.5 Å². The quantitative estimate of drug-likeness (QED) is 0.411. The minimum atomic E-state index is -4.98. The van der Waals surface area contributed by atoms with Crippen molar-refractivity contribution in [3.8, 4) is 11.4 Å². The third-order valence-electron chi connectivity index (χ3n) is 4.67. The van der Waals surface area contributed by atoms with Crippen LogP contribution in [-0.2, 0) is 27.5 Å². The Labute approximate surface area is 199 Å². The Kier molecular flexibility index (Phi) is 7.68. The molecule has 1 aliphatic heterocycles. The van der Waals surface area contributed by atoms with E-state index in [1.54, 1.807) is 6.92 Å². The Morgan fingerprint density at radius 1 is 1.23 bits per heavy atom. The summed E-state index contributed by atoms with van der Waals surface area (Å²) in [5.74, 6) is -2.02. The average molecular weight is 520 g/mol. The van der Waals surface area contributed by atoms with Gasteiger partial charge in [-0.2, -0.15) is 13.2 Å². The predicted octanol–water partition coefficient (Wildman–Crippen LogP) is 3.34. The van der Waals surface area contributed by atoms with Crippen molar-refractivity contribution in [3.05, 3.63) is 67.2 Å². The van der Waals surface area contributed by atoms with Crippen molar-refractivity contribution in [2.75, 3.05) is 13.2 Å². The monoisotopic (exact) mass is 519 g/mol. The number of aromatic nitrogens is 2. The molecule has 14 heteroatoms. The number of carbonyl (C=O) groups excluding carboxylic acids is 1. The number of carbonyl (C=O) groups is 1. The molecule has 0 bridgehead atoms. The lowest BCUT2D eigenvalue weighted by molar-refractivity contribution is -0.147. The van der Waals surface area contributed by atoms with Gasteiger partial charge in [0.2, 0.25) is 0 Å². The standard InChI is InChI=1S/C21H18ClF4N3O6/c1-3-33-18(31)10-34-19-14(5-4-6-27-19)35-15-8-13(12(23)7-11(15)22)29-17(30)9-16(21(24,25)26)28(2)20(29)32/h6-9H,3-5,10H2,1-2H3. The largest absolute Gasteiger partial charge is 0.463 e. The topological polar surface area (TPSA) is 101 Å². The van der Waals surface area contributed by atoms with Crippen LogP contribution in [0.1, 0.15) is 25.5 Å². The minimum absolute atomic E-state index is 0.0751. The third kappa shape index (κ3) is 5.73. The van der Waals surface area contributed by atoms with Crippen molar-refractivity contribution in [2.24, 2.45) is 12.0 Å². The number of nitrogens with zero attached hydrogens (tertiary/aromatic N) is 3. The Bertz CT molecular complexity index is 1330. The second-order valence-electron chi connectivity index (χ2n) is 7.05. The molecule has 1 aromatic heterocycles. The minimum Gasteiger partial charge on any atom is -0.463 e. The maximum absolute atomic E-state index is 14.7. The molecule has 0 saturated carbocycles. The number of halogens is 5. The SMILES string of the molecule is CCOC(=O)COC1=C(Oc2cc(-n3c(=O)cc(C(F)(F)F)n(C)c3=O)c(F)cc2Cl)CCC=N1. The van der Waals surface area contributed by atoms with Crippen molar-refractivity contribution in [2.45, 2.75) is 25.9 Å². The summed E-state index contributed by atoms with van der Waals surface area (Å²) in [5, 5.41) is -0.269. The number of hydrogen-bond acceptors (Lipinski definition) is 7. The van der Waals surface area contributed by atoms with Gasteiger partial charge in [0.1, 0.15) is 17.3 Å². The van der Waals surface area contributed by atoms with E-state index in [2.05, 4.69) is 4.99 Å². The third-order valence-corrected chi connectivity index (χ3v) is 4.96. The number of ether oxygens (including phenoxy) is 3. The molecule has 0 fully saturated rings. The van der Waals surface area contributed by atoms with Gasteiger partial charge in [-0.25, -0.2) is 23.5 Å². The molecule has 1 aromatic carbocycles. The fraction of sp³-hybridized carbons (Fsp3) is 0.333. The van der Waals surface area contributed by atoms with Gasteiger partial charge >= 0.3 is 17.8 Å². The number of benzene rings is 1. The van der Waals surface area contributed by atoms with Gasteiger partial charge in [0.25, 0.3) is 11.4 Å². The Hall–Kier alpha value is -3.61. The highest BCUT2D eigenvalue weighted by atomic mass is 35.5. The lowest BCUT2D eigenvalue weighted by Gasteiger charge is -2.18. The summed E-state index contributed by atoms with van der Waals surface area (Å²) >= 11 is 6.06. The Morgan fingerprint density at radius 2 is 1.94 bits per heavy atom. The van der Waals surface area contributed by atoms with Crippen molar-refractivity contribution >= 4 is 23.8 Å². The maximum atomic E-state index is 14.7. The molecular formula is C21H18ClF4N3O6. The number of hydrogen-bond donors (Lipinski definition) is 0. The fourth-order valence-electron chi connectivity index (χ4n) is 3.08. The zero-order valence-corrected chi connectivity index (χ0v) is 19.1. The van der Waals surface area contributed by atoms with E-state index < -0.39 is 47.2 Å². The molecule has 1 aliphatic rings. The summed E-state index contributed by atoms with van der Waals surface area (Å²) in [7, 11) is 0.796. The smallest absolute Gasteiger partial charge is 0.431 e. The van der Waals surface area contributed by atoms with E-state index in [1.165, 1.54) is 6.21 Å². The van der Waals surface area contributed by atoms with Crippen LogP contribution in [0.5, 0.6) is 5.75 Å². The molecule has 0 N–H and O–H groups in total. The van der Waals surface area contributed by atoms with Crippen LogP contribution in [0.15, 0.2) is 44.4 Å². The van der Waals surface area contributed by atoms with Gasteiger partial charge in [-0.15, -0.1) is 0 Å². The van der Waals surface area contributed by atoms with Crippen LogP contribution in [0, 0.1) is 5.82 Å². The molecule has 2 aromatic rings. The van der Waals surface area contributed by atoms with Crippen LogP contribution in [0.2, 0.25) is 5.02 Å². The highest BCUT2D eigenvalue weighted by molar-refractivity contribution is 6.32. The lowest BCUT2D eigenvalue weighted by atomic mass is 10.2. The molecule has 0 radical (unpaired) electrons. The molecule has 0 spiro atoms. The van der Waals surface area contributed by atoms with Gasteiger partial charge in [0, 0.05) is 31.8 Å². The highest BCUT2D eigenvalue weighted by Crippen LogP contribution is 2.33. The normalized spacial score (nSPS) is 13.7. The fourth-order valence-corrected chi connectivity index (χ4v) is 3.27. The van der Waals surface area contributed by atoms with E-state index in [9.17, 15) is 31.9 Å². The van der Waals surface area contributed by atoms with E-state index in [1.807, 2.05) is 0 Å². The summed E-state index contributed by atoms with van der Waals surface area (Å²) in [4.78, 5) is 40.5. The zero-order chi connectivity index (χ0) is 25.9. The lowest BCUT2D eigenvalue weighted by Crippen LogP contribution is -2.41. The van der Waals surface area contributed by atoms with Gasteiger partial charge < -0.3 is 14.2 Å². The van der Waals surface area contributed by atoms with Gasteiger partial charge in [-0.05, 0) is 19.4 Å². The molecule has 35 heavy (non-hydrogen) atoms. The van der Waals surface area contributed by atoms with E-state index in [-0.39, 0.29) is 50.6 Å². The van der Waals surface area contributed by atoms with Crippen LogP contribution in [0.4, 0.5) is 17.6 Å². The average Bonchev–Trinajstić information content (AvgIpc) is 2.78. The van der Waals surface area contributed by atoms with Crippen LogP contribution < -0.4 is 16.0 Å². The number of esters is 1. The summed E-state index contributed by atoms with van der Waals surface area (Å²) in [6, 6.07) is 1.80. The molecule has 0 saturated heterocycles. The first-order chi connectivity index (χ1) is 16.4.